The molecule has 1 aromatic rings. The fraction of sp³-hybridized carbons (Fsp3) is 0.538. The normalized spacial score (nSPS) is 11.9. The van der Waals surface area contributed by atoms with Crippen LogP contribution in [0.2, 0.25) is 0 Å². The van der Waals surface area contributed by atoms with Gasteiger partial charge in [0.05, 0.1) is 26.0 Å². The van der Waals surface area contributed by atoms with Gasteiger partial charge in [0.25, 0.3) is 0 Å². The highest BCUT2D eigenvalue weighted by Gasteiger charge is 2.17. The van der Waals surface area contributed by atoms with E-state index in [4.69, 9.17) is 9.15 Å². The molecule has 1 amide bonds. The molecule has 0 aliphatic rings. The van der Waals surface area contributed by atoms with Crippen LogP contribution < -0.4 is 10.6 Å². The van der Waals surface area contributed by atoms with Crippen molar-refractivity contribution in [1.29, 1.82) is 0 Å². The summed E-state index contributed by atoms with van der Waals surface area (Å²) in [6.07, 6.45) is 1.41. The van der Waals surface area contributed by atoms with Crippen molar-refractivity contribution in [3.05, 3.63) is 23.7 Å². The minimum Gasteiger partial charge on any atom is -0.463 e. The molecule has 7 nitrogen and oxygen atoms in total. The summed E-state index contributed by atoms with van der Waals surface area (Å²) in [4.78, 5) is 23.1. The molecular formula is C13H20N2O5. The van der Waals surface area contributed by atoms with Crippen LogP contribution >= 0.6 is 0 Å². The first-order valence-corrected chi connectivity index (χ1v) is 6.24. The van der Waals surface area contributed by atoms with Crippen molar-refractivity contribution in [2.24, 2.45) is 0 Å². The molecule has 20 heavy (non-hydrogen) atoms. The predicted molar refractivity (Wildman–Crippen MR) is 71.2 cm³/mol. The Morgan fingerprint density at radius 2 is 2.15 bits per heavy atom. The van der Waals surface area contributed by atoms with Gasteiger partial charge in [0.1, 0.15) is 0 Å². The van der Waals surface area contributed by atoms with Gasteiger partial charge in [-0.2, -0.15) is 0 Å². The van der Waals surface area contributed by atoms with Crippen molar-refractivity contribution < 1.29 is 23.5 Å². The highest BCUT2D eigenvalue weighted by molar-refractivity contribution is 5.87. The summed E-state index contributed by atoms with van der Waals surface area (Å²) in [5.41, 5.74) is 0.647. The minimum absolute atomic E-state index is 0.134. The van der Waals surface area contributed by atoms with Crippen molar-refractivity contribution in [3.8, 4) is 0 Å². The van der Waals surface area contributed by atoms with Gasteiger partial charge in [-0.1, -0.05) is 0 Å². The van der Waals surface area contributed by atoms with Crippen LogP contribution in [0.1, 0.15) is 23.0 Å². The third-order valence-electron chi connectivity index (χ3n) is 2.71. The zero-order valence-corrected chi connectivity index (χ0v) is 11.9. The number of carbonyl (C=O) groups is 2. The van der Waals surface area contributed by atoms with Crippen LogP contribution in [-0.2, 0) is 20.8 Å². The van der Waals surface area contributed by atoms with E-state index in [0.717, 1.165) is 0 Å². The van der Waals surface area contributed by atoms with Crippen molar-refractivity contribution >= 4 is 11.9 Å². The first kappa shape index (κ1) is 16.2. The third-order valence-corrected chi connectivity index (χ3v) is 2.71. The second kappa shape index (κ2) is 8.34. The van der Waals surface area contributed by atoms with E-state index in [9.17, 15) is 9.59 Å². The monoisotopic (exact) mass is 284 g/mol. The second-order valence-electron chi connectivity index (χ2n) is 4.15. The fourth-order valence-corrected chi connectivity index (χ4v) is 1.53. The van der Waals surface area contributed by atoms with Crippen LogP contribution in [0.5, 0.6) is 0 Å². The molecule has 112 valence electrons. The highest BCUT2D eigenvalue weighted by Crippen LogP contribution is 2.11. The number of furan rings is 1. The molecule has 0 saturated heterocycles. The lowest BCUT2D eigenvalue weighted by Gasteiger charge is -2.13. The Morgan fingerprint density at radius 3 is 2.80 bits per heavy atom. The maximum atomic E-state index is 11.7. The lowest BCUT2D eigenvalue weighted by molar-refractivity contribution is -0.122. The summed E-state index contributed by atoms with van der Waals surface area (Å²) in [5.74, 6) is -0.527. The molecule has 1 rings (SSSR count). The lowest BCUT2D eigenvalue weighted by atomic mass is 10.2. The number of hydrogen-bond donors (Lipinski definition) is 2. The zero-order valence-electron chi connectivity index (χ0n) is 11.9. The van der Waals surface area contributed by atoms with E-state index in [1.54, 1.807) is 20.1 Å². The van der Waals surface area contributed by atoms with Gasteiger partial charge < -0.3 is 24.5 Å². The smallest absolute Gasteiger partial charge is 0.374 e. The van der Waals surface area contributed by atoms with E-state index in [1.165, 1.54) is 13.4 Å². The molecular weight excluding hydrogens is 264 g/mol. The van der Waals surface area contributed by atoms with Crippen LogP contribution in [0.25, 0.3) is 0 Å². The Kier molecular flexibility index (Phi) is 6.75. The van der Waals surface area contributed by atoms with Crippen molar-refractivity contribution in [3.63, 3.8) is 0 Å². The standard InChI is InChI=1S/C13H20N2O5/c1-9(12(16)14-5-7-18-2)15-8-10-4-6-20-11(10)13(17)19-3/h4,6,9,15H,5,7-8H2,1-3H3,(H,14,16). The van der Waals surface area contributed by atoms with Crippen LogP contribution in [0.15, 0.2) is 16.7 Å². The first-order valence-electron chi connectivity index (χ1n) is 6.24. The van der Waals surface area contributed by atoms with E-state index in [1.807, 2.05) is 0 Å². The molecule has 1 heterocycles. The van der Waals surface area contributed by atoms with Gasteiger partial charge in [0.15, 0.2) is 0 Å². The Hall–Kier alpha value is -1.86. The maximum Gasteiger partial charge on any atom is 0.374 e. The summed E-state index contributed by atoms with van der Waals surface area (Å²) >= 11 is 0. The predicted octanol–water partition coefficient (Wildman–Crippen LogP) is 0.307. The average molecular weight is 284 g/mol. The molecule has 0 aromatic carbocycles. The zero-order chi connectivity index (χ0) is 15.0. The van der Waals surface area contributed by atoms with Crippen molar-refractivity contribution in [2.75, 3.05) is 27.4 Å². The van der Waals surface area contributed by atoms with Crippen molar-refractivity contribution in [1.82, 2.24) is 10.6 Å². The number of carbonyl (C=O) groups excluding carboxylic acids is 2. The Balaban J connectivity index is 2.44. The summed E-state index contributed by atoms with van der Waals surface area (Å²) in [6, 6.07) is 1.27. The number of esters is 1. The lowest BCUT2D eigenvalue weighted by Crippen LogP contribution is -2.42. The fourth-order valence-electron chi connectivity index (χ4n) is 1.53. The van der Waals surface area contributed by atoms with Gasteiger partial charge in [-0.05, 0) is 13.0 Å². The topological polar surface area (TPSA) is 89.8 Å². The molecule has 0 spiro atoms. The molecule has 1 aromatic heterocycles. The Morgan fingerprint density at radius 1 is 1.40 bits per heavy atom. The van der Waals surface area contributed by atoms with Crippen LogP contribution in [0.4, 0.5) is 0 Å². The van der Waals surface area contributed by atoms with E-state index in [0.29, 0.717) is 25.3 Å². The number of nitrogens with one attached hydrogen (secondary N) is 2. The van der Waals surface area contributed by atoms with Crippen molar-refractivity contribution in [2.45, 2.75) is 19.5 Å². The number of rotatable bonds is 8. The third kappa shape index (κ3) is 4.67. The summed E-state index contributed by atoms with van der Waals surface area (Å²) in [6.45, 7) is 2.99. The molecule has 0 saturated carbocycles. The van der Waals surface area contributed by atoms with Gasteiger partial charge in [-0.3, -0.25) is 4.79 Å². The van der Waals surface area contributed by atoms with E-state index in [-0.39, 0.29) is 11.7 Å². The van der Waals surface area contributed by atoms with Crippen LogP contribution in [0, 0.1) is 0 Å². The summed E-state index contributed by atoms with van der Waals surface area (Å²) in [7, 11) is 2.86. The summed E-state index contributed by atoms with van der Waals surface area (Å²) < 4.78 is 14.5. The van der Waals surface area contributed by atoms with Gasteiger partial charge in [-0.15, -0.1) is 0 Å². The number of methoxy groups -OCH3 is 2. The molecule has 2 N–H and O–H groups in total. The Labute approximate surface area is 117 Å². The molecule has 1 unspecified atom stereocenters. The van der Waals surface area contributed by atoms with E-state index >= 15 is 0 Å². The van der Waals surface area contributed by atoms with Gasteiger partial charge in [0.2, 0.25) is 11.7 Å². The highest BCUT2D eigenvalue weighted by atomic mass is 16.5. The number of amides is 1. The van der Waals surface area contributed by atoms with Crippen LogP contribution in [-0.4, -0.2) is 45.3 Å². The molecule has 0 aliphatic carbocycles. The first-order chi connectivity index (χ1) is 9.60. The van der Waals surface area contributed by atoms with Gasteiger partial charge in [0, 0.05) is 25.8 Å². The Bertz CT molecular complexity index is 444. The quantitative estimate of drug-likeness (QED) is 0.527. The van der Waals surface area contributed by atoms with Gasteiger partial charge >= 0.3 is 5.97 Å². The molecule has 0 radical (unpaired) electrons. The number of ether oxygens (including phenoxy) is 2. The molecule has 0 bridgehead atoms. The SMILES string of the molecule is COCCNC(=O)C(C)NCc1ccoc1C(=O)OC. The van der Waals surface area contributed by atoms with E-state index < -0.39 is 12.0 Å². The van der Waals surface area contributed by atoms with Gasteiger partial charge in [-0.25, -0.2) is 4.79 Å². The number of hydrogen-bond acceptors (Lipinski definition) is 6. The minimum atomic E-state index is -0.538. The largest absolute Gasteiger partial charge is 0.463 e. The maximum absolute atomic E-state index is 11.7. The second-order valence-corrected chi connectivity index (χ2v) is 4.15. The average Bonchev–Trinajstić information content (AvgIpc) is 2.92. The van der Waals surface area contributed by atoms with E-state index in [2.05, 4.69) is 15.4 Å². The molecule has 0 aliphatic heterocycles. The molecule has 7 heteroatoms. The van der Waals surface area contributed by atoms with Crippen LogP contribution in [0.3, 0.4) is 0 Å². The summed E-state index contributed by atoms with van der Waals surface area (Å²) in [5, 5.41) is 5.73. The molecule has 1 atom stereocenters. The molecule has 0 fully saturated rings.